The summed E-state index contributed by atoms with van der Waals surface area (Å²) >= 11 is 0. The molecule has 1 heterocycles. The van der Waals surface area contributed by atoms with Crippen molar-refractivity contribution in [3.8, 4) is 5.75 Å². The van der Waals surface area contributed by atoms with Crippen LogP contribution < -0.4 is 5.32 Å². The summed E-state index contributed by atoms with van der Waals surface area (Å²) in [4.78, 5) is 24.0. The van der Waals surface area contributed by atoms with Gasteiger partial charge in [-0.25, -0.2) is 0 Å². The summed E-state index contributed by atoms with van der Waals surface area (Å²) in [6.07, 6.45) is 0. The highest BCUT2D eigenvalue weighted by Crippen LogP contribution is 2.27. The molecule has 1 amide bonds. The number of amides is 1. The minimum atomic E-state index is -0.682. The highest BCUT2D eigenvalue weighted by molar-refractivity contribution is 5.95. The quantitative estimate of drug-likeness (QED) is 0.637. The third kappa shape index (κ3) is 3.83. The van der Waals surface area contributed by atoms with Crippen molar-refractivity contribution in [2.75, 3.05) is 13.1 Å². The molecule has 2 atom stereocenters. The molecule has 2 N–H and O–H groups in total. The van der Waals surface area contributed by atoms with Crippen molar-refractivity contribution in [3.63, 3.8) is 0 Å². The van der Waals surface area contributed by atoms with Gasteiger partial charge in [-0.2, -0.15) is 0 Å². The number of nitrogens with one attached hydrogen (secondary N) is 1. The highest BCUT2D eigenvalue weighted by Gasteiger charge is 2.26. The third-order valence-corrected chi connectivity index (χ3v) is 3.26. The molecule has 2 rings (SSSR count). The van der Waals surface area contributed by atoms with Crippen LogP contribution in [0.25, 0.3) is 0 Å². The Hall–Kier alpha value is -1.86. The Kier molecular flexibility index (Phi) is 5.51. The second-order valence-electron chi connectivity index (χ2n) is 5.14. The molecule has 0 aromatic heterocycles. The first-order valence-corrected chi connectivity index (χ1v) is 6.41. The van der Waals surface area contributed by atoms with Gasteiger partial charge in [0, 0.05) is 36.8 Å². The van der Waals surface area contributed by atoms with Crippen molar-refractivity contribution in [1.29, 1.82) is 0 Å². The van der Waals surface area contributed by atoms with Gasteiger partial charge in [0.25, 0.3) is 5.91 Å². The van der Waals surface area contributed by atoms with Gasteiger partial charge in [0.1, 0.15) is 0 Å². The van der Waals surface area contributed by atoms with Crippen LogP contribution in [-0.2, 0) is 0 Å². The molecule has 0 spiro atoms. The van der Waals surface area contributed by atoms with E-state index < -0.39 is 16.4 Å². The maximum Gasteiger partial charge on any atom is 0.310 e. The summed E-state index contributed by atoms with van der Waals surface area (Å²) in [6, 6.07) is 4.05. The van der Waals surface area contributed by atoms with Crippen LogP contribution in [0.5, 0.6) is 5.75 Å². The molecule has 0 saturated carbocycles. The molecule has 1 saturated heterocycles. The normalized spacial score (nSPS) is 21.5. The summed E-state index contributed by atoms with van der Waals surface area (Å²) in [6.45, 7) is 5.12. The number of carbonyl (C=O) groups is 1. The first-order valence-electron chi connectivity index (χ1n) is 6.41. The van der Waals surface area contributed by atoms with Gasteiger partial charge < -0.3 is 15.3 Å². The smallest absolute Gasteiger partial charge is 0.310 e. The molecule has 116 valence electrons. The SMILES string of the molecule is CC1CN(C(=O)c2ccc([N+](=O)[O-])c(O)c2)CC(C)N1.Cl. The molecule has 1 aromatic rings. The number of nitrogens with zero attached hydrogens (tertiary/aromatic N) is 2. The van der Waals surface area contributed by atoms with Crippen molar-refractivity contribution in [2.24, 2.45) is 0 Å². The van der Waals surface area contributed by atoms with Crippen molar-refractivity contribution in [2.45, 2.75) is 25.9 Å². The van der Waals surface area contributed by atoms with Crippen LogP contribution in [0.2, 0.25) is 0 Å². The number of phenols is 1. The van der Waals surface area contributed by atoms with E-state index in [0.717, 1.165) is 12.1 Å². The Morgan fingerprint density at radius 1 is 1.38 bits per heavy atom. The van der Waals surface area contributed by atoms with Crippen molar-refractivity contribution < 1.29 is 14.8 Å². The zero-order chi connectivity index (χ0) is 14.9. The third-order valence-electron chi connectivity index (χ3n) is 3.26. The van der Waals surface area contributed by atoms with Crippen molar-refractivity contribution in [3.05, 3.63) is 33.9 Å². The predicted molar refractivity (Wildman–Crippen MR) is 80.0 cm³/mol. The second kappa shape index (κ2) is 6.73. The lowest BCUT2D eigenvalue weighted by Gasteiger charge is -2.36. The first-order chi connectivity index (χ1) is 9.38. The maximum absolute atomic E-state index is 12.3. The molecule has 1 aliphatic rings. The number of piperazine rings is 1. The zero-order valence-corrected chi connectivity index (χ0v) is 12.6. The van der Waals surface area contributed by atoms with E-state index in [1.54, 1.807) is 4.90 Å². The Morgan fingerprint density at radius 3 is 2.43 bits per heavy atom. The van der Waals surface area contributed by atoms with E-state index in [9.17, 15) is 20.0 Å². The number of halogens is 1. The van der Waals surface area contributed by atoms with E-state index in [1.165, 1.54) is 6.07 Å². The van der Waals surface area contributed by atoms with E-state index in [0.29, 0.717) is 13.1 Å². The zero-order valence-electron chi connectivity index (χ0n) is 11.8. The van der Waals surface area contributed by atoms with Gasteiger partial charge in [0.05, 0.1) is 4.92 Å². The molecule has 1 aliphatic heterocycles. The summed E-state index contributed by atoms with van der Waals surface area (Å²) in [5.41, 5.74) is -0.141. The van der Waals surface area contributed by atoms with Gasteiger partial charge in [-0.15, -0.1) is 12.4 Å². The summed E-state index contributed by atoms with van der Waals surface area (Å²) in [5.74, 6) is -0.715. The number of rotatable bonds is 2. The lowest BCUT2D eigenvalue weighted by atomic mass is 10.1. The van der Waals surface area contributed by atoms with Crippen LogP contribution in [-0.4, -0.2) is 46.0 Å². The molecule has 8 heteroatoms. The van der Waals surface area contributed by atoms with Crippen LogP contribution in [0.4, 0.5) is 5.69 Å². The molecule has 2 unspecified atom stereocenters. The monoisotopic (exact) mass is 315 g/mol. The minimum Gasteiger partial charge on any atom is -0.502 e. The number of nitro benzene ring substituents is 1. The number of hydrogen-bond acceptors (Lipinski definition) is 5. The fourth-order valence-corrected chi connectivity index (χ4v) is 2.49. The molecule has 21 heavy (non-hydrogen) atoms. The number of phenolic OH excluding ortho intramolecular Hbond substituents is 1. The number of hydrogen-bond donors (Lipinski definition) is 2. The van der Waals surface area contributed by atoms with Crippen LogP contribution in [0.15, 0.2) is 18.2 Å². The van der Waals surface area contributed by atoms with Gasteiger partial charge in [-0.3, -0.25) is 14.9 Å². The lowest BCUT2D eigenvalue weighted by Crippen LogP contribution is -2.55. The minimum absolute atomic E-state index is 0. The Balaban J connectivity index is 0.00000220. The van der Waals surface area contributed by atoms with Gasteiger partial charge >= 0.3 is 5.69 Å². The maximum atomic E-state index is 12.3. The molecule has 0 aliphatic carbocycles. The summed E-state index contributed by atoms with van der Waals surface area (Å²) < 4.78 is 0. The lowest BCUT2D eigenvalue weighted by molar-refractivity contribution is -0.385. The van der Waals surface area contributed by atoms with E-state index >= 15 is 0 Å². The number of nitro groups is 1. The first kappa shape index (κ1) is 17.2. The summed E-state index contributed by atoms with van der Waals surface area (Å²) in [5, 5.41) is 23.5. The topological polar surface area (TPSA) is 95.7 Å². The average Bonchev–Trinajstić information content (AvgIpc) is 2.36. The molecule has 0 radical (unpaired) electrons. The number of aromatic hydroxyl groups is 1. The molecular formula is C13H18ClN3O4. The van der Waals surface area contributed by atoms with Crippen LogP contribution in [0, 0.1) is 10.1 Å². The Bertz CT molecular complexity index is 542. The largest absolute Gasteiger partial charge is 0.502 e. The molecule has 7 nitrogen and oxygen atoms in total. The van der Waals surface area contributed by atoms with Crippen LogP contribution in [0.3, 0.4) is 0 Å². The van der Waals surface area contributed by atoms with E-state index in [-0.39, 0.29) is 36.0 Å². The van der Waals surface area contributed by atoms with Gasteiger partial charge in [0.2, 0.25) is 0 Å². The van der Waals surface area contributed by atoms with Gasteiger partial charge in [-0.05, 0) is 26.0 Å². The standard InChI is InChI=1S/C13H17N3O4.ClH/c1-8-6-15(7-9(2)14-8)13(18)10-3-4-11(16(19)20)12(17)5-10;/h3-5,8-9,14,17H,6-7H2,1-2H3;1H. The molecule has 1 fully saturated rings. The van der Waals surface area contributed by atoms with E-state index in [2.05, 4.69) is 5.32 Å². The number of benzene rings is 1. The molecule has 1 aromatic carbocycles. The van der Waals surface area contributed by atoms with E-state index in [1.807, 2.05) is 13.8 Å². The average molecular weight is 316 g/mol. The van der Waals surface area contributed by atoms with Crippen LogP contribution >= 0.6 is 12.4 Å². The summed E-state index contributed by atoms with van der Waals surface area (Å²) in [7, 11) is 0. The Morgan fingerprint density at radius 2 is 1.95 bits per heavy atom. The fraction of sp³-hybridized carbons (Fsp3) is 0.462. The predicted octanol–water partition coefficient (Wildman–Crippen LogP) is 1.54. The number of carbonyl (C=O) groups excluding carboxylic acids is 1. The van der Waals surface area contributed by atoms with Gasteiger partial charge in [-0.1, -0.05) is 0 Å². The van der Waals surface area contributed by atoms with Crippen molar-refractivity contribution in [1.82, 2.24) is 10.2 Å². The fourth-order valence-electron chi connectivity index (χ4n) is 2.49. The second-order valence-corrected chi connectivity index (χ2v) is 5.14. The van der Waals surface area contributed by atoms with Crippen molar-refractivity contribution >= 4 is 24.0 Å². The molecule has 0 bridgehead atoms. The highest BCUT2D eigenvalue weighted by atomic mass is 35.5. The van der Waals surface area contributed by atoms with Gasteiger partial charge in [0.15, 0.2) is 5.75 Å². The molecular weight excluding hydrogens is 298 g/mol. The van der Waals surface area contributed by atoms with E-state index in [4.69, 9.17) is 0 Å². The Labute approximate surface area is 128 Å². The van der Waals surface area contributed by atoms with Crippen LogP contribution in [0.1, 0.15) is 24.2 Å².